The Balaban J connectivity index is 2.22. The summed E-state index contributed by atoms with van der Waals surface area (Å²) in [6.45, 7) is 4.84. The van der Waals surface area contributed by atoms with Crippen LogP contribution in [0.5, 0.6) is 0 Å². The predicted octanol–water partition coefficient (Wildman–Crippen LogP) is 3.51. The lowest BCUT2D eigenvalue weighted by atomic mass is 10.1. The van der Waals surface area contributed by atoms with E-state index in [-0.39, 0.29) is 0 Å². The van der Waals surface area contributed by atoms with Crippen LogP contribution < -0.4 is 11.1 Å². The molecule has 0 spiro atoms. The van der Waals surface area contributed by atoms with Crippen LogP contribution in [-0.2, 0) is 6.54 Å². The van der Waals surface area contributed by atoms with E-state index in [4.69, 9.17) is 5.73 Å². The number of aryl methyl sites for hydroxylation is 1. The fourth-order valence-electron chi connectivity index (χ4n) is 1.77. The van der Waals surface area contributed by atoms with E-state index in [0.29, 0.717) is 6.54 Å². The van der Waals surface area contributed by atoms with Crippen LogP contribution in [0.2, 0.25) is 0 Å². The molecular weight excluding hydrogens is 208 g/mol. The third-order valence-corrected chi connectivity index (χ3v) is 3.07. The largest absolute Gasteiger partial charge is 0.355 e. The minimum atomic E-state index is 0.587. The molecule has 0 saturated carbocycles. The molecule has 0 aliphatic carbocycles. The van der Waals surface area contributed by atoms with Crippen molar-refractivity contribution in [3.63, 3.8) is 0 Å². The normalized spacial score (nSPS) is 10.3. The van der Waals surface area contributed by atoms with E-state index in [9.17, 15) is 0 Å². The molecule has 3 N–H and O–H groups in total. The van der Waals surface area contributed by atoms with Crippen molar-refractivity contribution < 1.29 is 0 Å². The fourth-order valence-corrected chi connectivity index (χ4v) is 1.77. The van der Waals surface area contributed by atoms with Crippen molar-refractivity contribution in [3.05, 3.63) is 59.2 Å². The van der Waals surface area contributed by atoms with Crippen molar-refractivity contribution in [2.45, 2.75) is 20.4 Å². The summed E-state index contributed by atoms with van der Waals surface area (Å²) in [6.07, 6.45) is 0. The van der Waals surface area contributed by atoms with Gasteiger partial charge in [0.15, 0.2) is 0 Å². The zero-order valence-corrected chi connectivity index (χ0v) is 10.3. The van der Waals surface area contributed by atoms with Gasteiger partial charge in [0, 0.05) is 17.9 Å². The Labute approximate surface area is 102 Å². The number of anilines is 2. The van der Waals surface area contributed by atoms with E-state index in [1.807, 2.05) is 12.1 Å². The zero-order chi connectivity index (χ0) is 12.3. The topological polar surface area (TPSA) is 38.0 Å². The van der Waals surface area contributed by atoms with Crippen LogP contribution in [0.1, 0.15) is 16.7 Å². The average molecular weight is 226 g/mol. The summed E-state index contributed by atoms with van der Waals surface area (Å²) in [7, 11) is 0. The second-order valence-corrected chi connectivity index (χ2v) is 4.27. The lowest BCUT2D eigenvalue weighted by molar-refractivity contribution is 1.07. The summed E-state index contributed by atoms with van der Waals surface area (Å²) in [4.78, 5) is 0. The van der Waals surface area contributed by atoms with Gasteiger partial charge in [-0.1, -0.05) is 24.3 Å². The maximum Gasteiger partial charge on any atom is 0.0416 e. The van der Waals surface area contributed by atoms with Gasteiger partial charge in [-0.05, 0) is 48.7 Å². The number of nitrogens with two attached hydrogens (primary N) is 1. The van der Waals surface area contributed by atoms with Crippen molar-refractivity contribution in [2.75, 3.05) is 5.32 Å². The molecule has 2 heteroatoms. The van der Waals surface area contributed by atoms with Gasteiger partial charge in [-0.25, -0.2) is 0 Å². The molecule has 0 bridgehead atoms. The average Bonchev–Trinajstić information content (AvgIpc) is 2.36. The molecule has 17 heavy (non-hydrogen) atoms. The second-order valence-electron chi connectivity index (χ2n) is 4.27. The molecule has 0 atom stereocenters. The summed E-state index contributed by atoms with van der Waals surface area (Å²) in [6, 6.07) is 14.5. The van der Waals surface area contributed by atoms with E-state index in [0.717, 1.165) is 16.9 Å². The highest BCUT2D eigenvalue weighted by molar-refractivity contribution is 5.64. The van der Waals surface area contributed by atoms with Gasteiger partial charge in [-0.3, -0.25) is 0 Å². The third-order valence-electron chi connectivity index (χ3n) is 3.07. The minimum Gasteiger partial charge on any atom is -0.355 e. The smallest absolute Gasteiger partial charge is 0.0416 e. The molecule has 0 aliphatic rings. The Bertz CT molecular complexity index is 501. The summed E-state index contributed by atoms with van der Waals surface area (Å²) >= 11 is 0. The first-order chi connectivity index (χ1) is 8.20. The van der Waals surface area contributed by atoms with Gasteiger partial charge >= 0.3 is 0 Å². The van der Waals surface area contributed by atoms with E-state index < -0.39 is 0 Å². The van der Waals surface area contributed by atoms with Crippen molar-refractivity contribution >= 4 is 11.4 Å². The van der Waals surface area contributed by atoms with Gasteiger partial charge in [0.2, 0.25) is 0 Å². The molecule has 2 nitrogen and oxygen atoms in total. The molecule has 0 aromatic heterocycles. The molecule has 0 radical (unpaired) electrons. The van der Waals surface area contributed by atoms with Crippen molar-refractivity contribution in [1.29, 1.82) is 0 Å². The summed E-state index contributed by atoms with van der Waals surface area (Å²) in [5, 5.41) is 3.42. The molecule has 2 aromatic carbocycles. The van der Waals surface area contributed by atoms with Gasteiger partial charge in [-0.15, -0.1) is 0 Å². The van der Waals surface area contributed by atoms with Gasteiger partial charge in [0.1, 0.15) is 0 Å². The summed E-state index contributed by atoms with van der Waals surface area (Å²) in [5.41, 5.74) is 11.6. The quantitative estimate of drug-likeness (QED) is 0.840. The Morgan fingerprint density at radius 1 is 1.00 bits per heavy atom. The number of hydrogen-bond acceptors (Lipinski definition) is 2. The molecular formula is C15H18N2. The molecule has 88 valence electrons. The SMILES string of the molecule is Cc1cccc(Nc2ccc(CN)cc2)c1C. The van der Waals surface area contributed by atoms with Crippen LogP contribution in [-0.4, -0.2) is 0 Å². The van der Waals surface area contributed by atoms with Gasteiger partial charge in [0.25, 0.3) is 0 Å². The molecule has 0 saturated heterocycles. The van der Waals surface area contributed by atoms with E-state index in [2.05, 4.69) is 49.5 Å². The highest BCUT2D eigenvalue weighted by Gasteiger charge is 2.00. The highest BCUT2D eigenvalue weighted by Crippen LogP contribution is 2.22. The monoisotopic (exact) mass is 226 g/mol. The van der Waals surface area contributed by atoms with Crippen molar-refractivity contribution in [1.82, 2.24) is 0 Å². The predicted molar refractivity (Wildman–Crippen MR) is 73.5 cm³/mol. The minimum absolute atomic E-state index is 0.587. The van der Waals surface area contributed by atoms with Crippen LogP contribution in [0.4, 0.5) is 11.4 Å². The lowest BCUT2D eigenvalue weighted by Crippen LogP contribution is -1.97. The molecule has 0 unspecified atom stereocenters. The Morgan fingerprint density at radius 2 is 1.71 bits per heavy atom. The number of hydrogen-bond donors (Lipinski definition) is 2. The van der Waals surface area contributed by atoms with E-state index in [1.165, 1.54) is 11.1 Å². The number of rotatable bonds is 3. The van der Waals surface area contributed by atoms with Crippen molar-refractivity contribution in [3.8, 4) is 0 Å². The summed E-state index contributed by atoms with van der Waals surface area (Å²) < 4.78 is 0. The fraction of sp³-hybridized carbons (Fsp3) is 0.200. The highest BCUT2D eigenvalue weighted by atomic mass is 14.9. The van der Waals surface area contributed by atoms with E-state index in [1.54, 1.807) is 0 Å². The first-order valence-electron chi connectivity index (χ1n) is 5.83. The standard InChI is InChI=1S/C15H18N2/c1-11-4-3-5-15(12(11)2)17-14-8-6-13(10-16)7-9-14/h3-9,17H,10,16H2,1-2H3. The first-order valence-corrected chi connectivity index (χ1v) is 5.83. The maximum atomic E-state index is 5.58. The first kappa shape index (κ1) is 11.7. The zero-order valence-electron chi connectivity index (χ0n) is 10.3. The van der Waals surface area contributed by atoms with Crippen LogP contribution in [0, 0.1) is 13.8 Å². The van der Waals surface area contributed by atoms with Crippen LogP contribution in [0.3, 0.4) is 0 Å². The lowest BCUT2D eigenvalue weighted by Gasteiger charge is -2.11. The molecule has 0 amide bonds. The van der Waals surface area contributed by atoms with Crippen LogP contribution in [0.25, 0.3) is 0 Å². The molecule has 2 aromatic rings. The number of nitrogens with one attached hydrogen (secondary N) is 1. The van der Waals surface area contributed by atoms with Gasteiger partial charge in [0.05, 0.1) is 0 Å². The second kappa shape index (κ2) is 5.02. The maximum absolute atomic E-state index is 5.58. The van der Waals surface area contributed by atoms with Gasteiger partial charge in [-0.2, -0.15) is 0 Å². The van der Waals surface area contributed by atoms with Crippen LogP contribution in [0.15, 0.2) is 42.5 Å². The van der Waals surface area contributed by atoms with Crippen molar-refractivity contribution in [2.24, 2.45) is 5.73 Å². The Kier molecular flexibility index (Phi) is 3.45. The van der Waals surface area contributed by atoms with Gasteiger partial charge < -0.3 is 11.1 Å². The molecule has 0 fully saturated rings. The van der Waals surface area contributed by atoms with E-state index >= 15 is 0 Å². The van der Waals surface area contributed by atoms with Crippen LogP contribution >= 0.6 is 0 Å². The number of benzene rings is 2. The third kappa shape index (κ3) is 2.66. The molecule has 2 rings (SSSR count). The molecule has 0 heterocycles. The summed E-state index contributed by atoms with van der Waals surface area (Å²) in [5.74, 6) is 0. The Morgan fingerprint density at radius 3 is 2.35 bits per heavy atom. The Hall–Kier alpha value is -1.80. The molecule has 0 aliphatic heterocycles.